The van der Waals surface area contributed by atoms with Crippen molar-refractivity contribution in [1.29, 1.82) is 0 Å². The van der Waals surface area contributed by atoms with E-state index in [1.165, 1.54) is 0 Å². The lowest BCUT2D eigenvalue weighted by Crippen LogP contribution is -2.47. The highest BCUT2D eigenvalue weighted by Gasteiger charge is 2.82. The number of rotatable bonds is 0. The van der Waals surface area contributed by atoms with Crippen LogP contribution in [0.2, 0.25) is 0 Å². The summed E-state index contributed by atoms with van der Waals surface area (Å²) in [5.41, 5.74) is 0. The molecule has 0 radical (unpaired) electrons. The van der Waals surface area contributed by atoms with Gasteiger partial charge in [0.05, 0.1) is 22.3 Å². The molecule has 8 heteroatoms. The minimum absolute atomic E-state index is 0.140. The molecular formula is C11H10Cl6O2. The van der Waals surface area contributed by atoms with Crippen LogP contribution in [0.3, 0.4) is 0 Å². The summed E-state index contributed by atoms with van der Waals surface area (Å²) in [6, 6.07) is 0. The van der Waals surface area contributed by atoms with Crippen molar-refractivity contribution in [2.45, 2.75) is 39.1 Å². The minimum atomic E-state index is -1.59. The average molecular weight is 387 g/mol. The van der Waals surface area contributed by atoms with E-state index < -0.39 is 26.3 Å². The molecule has 0 saturated heterocycles. The summed E-state index contributed by atoms with van der Waals surface area (Å²) in [5, 5.41) is 20.0. The first-order chi connectivity index (χ1) is 8.60. The van der Waals surface area contributed by atoms with E-state index in [-0.39, 0.29) is 34.7 Å². The first-order valence-electron chi connectivity index (χ1n) is 5.78. The van der Waals surface area contributed by atoms with Crippen LogP contribution >= 0.6 is 69.6 Å². The van der Waals surface area contributed by atoms with E-state index in [4.69, 9.17) is 69.6 Å². The highest BCUT2D eigenvalue weighted by atomic mass is 35.5. The maximum Gasteiger partial charge on any atom is 0.166 e. The normalized spacial score (nSPS) is 55.6. The molecule has 2 N–H and O–H groups in total. The molecule has 0 aromatic carbocycles. The molecule has 2 bridgehead atoms. The molecular weight excluding hydrogens is 377 g/mol. The number of halogens is 6. The predicted octanol–water partition coefficient (Wildman–Crippen LogP) is 3.58. The molecule has 3 aliphatic rings. The lowest BCUT2D eigenvalue weighted by molar-refractivity contribution is -0.0469. The van der Waals surface area contributed by atoms with Crippen LogP contribution in [0.4, 0.5) is 0 Å². The highest BCUT2D eigenvalue weighted by molar-refractivity contribution is 6.65. The second kappa shape index (κ2) is 4.23. The summed E-state index contributed by atoms with van der Waals surface area (Å²) in [5.74, 6) is -0.676. The number of aliphatic hydroxyl groups is 2. The van der Waals surface area contributed by atoms with Gasteiger partial charge in [0, 0.05) is 0 Å². The van der Waals surface area contributed by atoms with Crippen LogP contribution < -0.4 is 0 Å². The molecule has 0 aliphatic heterocycles. The van der Waals surface area contributed by atoms with Gasteiger partial charge in [-0.25, -0.2) is 0 Å². The second-order valence-corrected chi connectivity index (χ2v) is 8.72. The molecule has 0 aromatic rings. The first kappa shape index (κ1) is 15.3. The third kappa shape index (κ3) is 1.46. The van der Waals surface area contributed by atoms with Gasteiger partial charge in [-0.2, -0.15) is 0 Å². The Hall–Kier alpha value is 1.40. The van der Waals surface area contributed by atoms with Gasteiger partial charge in [-0.1, -0.05) is 46.4 Å². The molecule has 0 amide bonds. The van der Waals surface area contributed by atoms with E-state index in [9.17, 15) is 10.2 Å². The molecule has 3 aliphatic carbocycles. The molecule has 2 fully saturated rings. The van der Waals surface area contributed by atoms with Gasteiger partial charge in [0.1, 0.15) is 9.75 Å². The predicted molar refractivity (Wildman–Crippen MR) is 78.6 cm³/mol. The van der Waals surface area contributed by atoms with E-state index in [2.05, 4.69) is 0 Å². The molecule has 0 aromatic heterocycles. The Balaban J connectivity index is 2.19. The molecule has 0 heterocycles. The standard InChI is InChI=1S/C11H10Cl6O2/c12-7-8(13)10(15)4-2-6(19)5(18)1-3(4)9(7,14)11(10,16)17/h3-6,18-19H,1-2H2/t3-,4+,5-,6-,9-,10+/m0/s1. The van der Waals surface area contributed by atoms with E-state index in [0.29, 0.717) is 0 Å². The maximum atomic E-state index is 9.84. The number of alkyl halides is 4. The molecule has 0 unspecified atom stereocenters. The Kier molecular flexibility index (Phi) is 3.41. The van der Waals surface area contributed by atoms with E-state index in [0.717, 1.165) is 0 Å². The quantitative estimate of drug-likeness (QED) is 0.625. The molecule has 3 rings (SSSR count). The number of hydrogen-bond acceptors (Lipinski definition) is 2. The van der Waals surface area contributed by atoms with Crippen molar-refractivity contribution in [3.63, 3.8) is 0 Å². The monoisotopic (exact) mass is 384 g/mol. The van der Waals surface area contributed by atoms with Crippen LogP contribution in [0.25, 0.3) is 0 Å². The summed E-state index contributed by atoms with van der Waals surface area (Å²) in [6.45, 7) is 0. The van der Waals surface area contributed by atoms with Crippen molar-refractivity contribution in [2.75, 3.05) is 0 Å². The molecule has 0 spiro atoms. The Morgan fingerprint density at radius 2 is 1.11 bits per heavy atom. The zero-order chi connectivity index (χ0) is 14.4. The summed E-state index contributed by atoms with van der Waals surface area (Å²) in [6.07, 6.45) is -1.34. The number of allylic oxidation sites excluding steroid dienone is 2. The maximum absolute atomic E-state index is 9.84. The van der Waals surface area contributed by atoms with Crippen molar-refractivity contribution in [1.82, 2.24) is 0 Å². The Morgan fingerprint density at radius 3 is 1.42 bits per heavy atom. The van der Waals surface area contributed by atoms with Crippen LogP contribution in [0.1, 0.15) is 12.8 Å². The number of hydrogen-bond donors (Lipinski definition) is 2. The molecule has 6 atom stereocenters. The Morgan fingerprint density at radius 1 is 0.789 bits per heavy atom. The molecule has 2 saturated carbocycles. The number of aliphatic hydroxyl groups excluding tert-OH is 2. The average Bonchev–Trinajstić information content (AvgIpc) is 2.53. The SMILES string of the molecule is O[C@H]1C[C@@H]2[C@H](C[C@@H]1O)[C@]1(Cl)C(Cl)=C(Cl)[C@@]2(Cl)C1(Cl)Cl. The fourth-order valence-electron chi connectivity index (χ4n) is 3.69. The Bertz CT molecular complexity index is 440. The third-order valence-corrected chi connectivity index (χ3v) is 9.04. The van der Waals surface area contributed by atoms with Gasteiger partial charge in [-0.05, 0) is 24.7 Å². The highest BCUT2D eigenvalue weighted by Crippen LogP contribution is 2.78. The van der Waals surface area contributed by atoms with Crippen molar-refractivity contribution < 1.29 is 10.2 Å². The van der Waals surface area contributed by atoms with Gasteiger partial charge in [0.15, 0.2) is 4.33 Å². The van der Waals surface area contributed by atoms with Gasteiger partial charge in [0.25, 0.3) is 0 Å². The fraction of sp³-hybridized carbons (Fsp3) is 0.818. The number of fused-ring (bicyclic) bond motifs is 5. The molecule has 19 heavy (non-hydrogen) atoms. The van der Waals surface area contributed by atoms with Crippen LogP contribution in [0.15, 0.2) is 10.1 Å². The summed E-state index contributed by atoms with van der Waals surface area (Å²) >= 11 is 38.4. The molecule has 108 valence electrons. The van der Waals surface area contributed by atoms with Crippen molar-refractivity contribution in [3.05, 3.63) is 10.1 Å². The minimum Gasteiger partial charge on any atom is -0.390 e. The van der Waals surface area contributed by atoms with E-state index in [1.54, 1.807) is 0 Å². The van der Waals surface area contributed by atoms with Gasteiger partial charge >= 0.3 is 0 Å². The van der Waals surface area contributed by atoms with Crippen LogP contribution in [0.5, 0.6) is 0 Å². The van der Waals surface area contributed by atoms with Gasteiger partial charge < -0.3 is 10.2 Å². The van der Waals surface area contributed by atoms with Crippen molar-refractivity contribution in [3.8, 4) is 0 Å². The van der Waals surface area contributed by atoms with Crippen molar-refractivity contribution >= 4 is 69.6 Å². The van der Waals surface area contributed by atoms with Crippen molar-refractivity contribution in [2.24, 2.45) is 11.8 Å². The summed E-state index contributed by atoms with van der Waals surface area (Å²) < 4.78 is -1.59. The van der Waals surface area contributed by atoms with E-state index >= 15 is 0 Å². The third-order valence-electron chi connectivity index (χ3n) is 4.69. The largest absolute Gasteiger partial charge is 0.390 e. The smallest absolute Gasteiger partial charge is 0.166 e. The molecule has 2 nitrogen and oxygen atoms in total. The topological polar surface area (TPSA) is 40.5 Å². The van der Waals surface area contributed by atoms with Crippen LogP contribution in [-0.2, 0) is 0 Å². The van der Waals surface area contributed by atoms with Gasteiger partial charge in [0.2, 0.25) is 0 Å². The zero-order valence-electron chi connectivity index (χ0n) is 9.39. The lowest BCUT2D eigenvalue weighted by Gasteiger charge is -2.43. The van der Waals surface area contributed by atoms with E-state index in [1.807, 2.05) is 0 Å². The van der Waals surface area contributed by atoms with Gasteiger partial charge in [-0.3, -0.25) is 0 Å². The van der Waals surface area contributed by atoms with Crippen LogP contribution in [-0.4, -0.2) is 36.5 Å². The van der Waals surface area contributed by atoms with Gasteiger partial charge in [-0.15, -0.1) is 23.2 Å². The fourth-order valence-corrected chi connectivity index (χ4v) is 6.80. The first-order valence-corrected chi connectivity index (χ1v) is 8.05. The van der Waals surface area contributed by atoms with Crippen LogP contribution in [0, 0.1) is 11.8 Å². The lowest BCUT2D eigenvalue weighted by atomic mass is 9.70. The second-order valence-electron chi connectivity index (χ2n) is 5.44. The summed E-state index contributed by atoms with van der Waals surface area (Å²) in [4.78, 5) is -2.66. The zero-order valence-corrected chi connectivity index (χ0v) is 13.9. The Labute approximate surface area is 140 Å². The summed E-state index contributed by atoms with van der Waals surface area (Å²) in [7, 11) is 0.